The highest BCUT2D eigenvalue weighted by molar-refractivity contribution is 5.95. The number of hydrogen-bond acceptors (Lipinski definition) is 3. The Hall–Kier alpha value is -2.40. The molecular weight excluding hydrogens is 362 g/mol. The lowest BCUT2D eigenvalue weighted by atomic mass is 9.97. The molecule has 1 atom stereocenters. The normalized spacial score (nSPS) is 17.3. The van der Waals surface area contributed by atoms with Gasteiger partial charge in [-0.1, -0.05) is 30.3 Å². The molecule has 2 heterocycles. The minimum Gasteiger partial charge on any atom is -0.338 e. The average molecular weight is 396 g/mol. The minimum absolute atomic E-state index is 0.132. The summed E-state index contributed by atoms with van der Waals surface area (Å²) in [6, 6.07) is 12.2. The van der Waals surface area contributed by atoms with Crippen LogP contribution in [0, 0.1) is 19.8 Å². The van der Waals surface area contributed by atoms with E-state index in [1.807, 2.05) is 43.0 Å². The molecule has 29 heavy (non-hydrogen) atoms. The van der Waals surface area contributed by atoms with Crippen molar-refractivity contribution in [1.29, 1.82) is 0 Å². The maximum absolute atomic E-state index is 13.5. The van der Waals surface area contributed by atoms with Crippen LogP contribution in [-0.2, 0) is 13.5 Å². The molecule has 0 spiro atoms. The van der Waals surface area contributed by atoms with Crippen LogP contribution in [-0.4, -0.2) is 53.5 Å². The molecule has 156 valence electrons. The second-order valence-electron chi connectivity index (χ2n) is 8.47. The van der Waals surface area contributed by atoms with Crippen LogP contribution < -0.4 is 5.56 Å². The molecule has 1 aromatic heterocycles. The number of carbonyl (C=O) groups is 1. The van der Waals surface area contributed by atoms with E-state index in [-0.39, 0.29) is 11.5 Å². The number of nitrogens with zero attached hydrogens (tertiary/aromatic N) is 3. The summed E-state index contributed by atoms with van der Waals surface area (Å²) >= 11 is 0. The van der Waals surface area contributed by atoms with Gasteiger partial charge in [0.1, 0.15) is 5.56 Å². The fourth-order valence-electron chi connectivity index (χ4n) is 4.32. The summed E-state index contributed by atoms with van der Waals surface area (Å²) in [5.41, 5.74) is 2.96. The van der Waals surface area contributed by atoms with Crippen molar-refractivity contribution in [1.82, 2.24) is 14.4 Å². The lowest BCUT2D eigenvalue weighted by molar-refractivity contribution is 0.0690. The van der Waals surface area contributed by atoms with Gasteiger partial charge in [-0.25, -0.2) is 0 Å². The van der Waals surface area contributed by atoms with Crippen molar-refractivity contribution in [3.05, 3.63) is 69.1 Å². The Labute approximate surface area is 173 Å². The van der Waals surface area contributed by atoms with Crippen molar-refractivity contribution < 1.29 is 4.79 Å². The van der Waals surface area contributed by atoms with Gasteiger partial charge in [0.2, 0.25) is 0 Å². The lowest BCUT2D eigenvalue weighted by Crippen LogP contribution is -2.44. The first-order valence-corrected chi connectivity index (χ1v) is 10.6. The van der Waals surface area contributed by atoms with Gasteiger partial charge in [-0.05, 0) is 69.8 Å². The second kappa shape index (κ2) is 9.40. The van der Waals surface area contributed by atoms with Crippen LogP contribution >= 0.6 is 0 Å². The Bertz CT molecular complexity index is 904. The first-order valence-electron chi connectivity index (χ1n) is 10.6. The highest BCUT2D eigenvalue weighted by Crippen LogP contribution is 2.19. The number of hydrogen-bond donors (Lipinski definition) is 0. The van der Waals surface area contributed by atoms with Crippen molar-refractivity contribution in [2.24, 2.45) is 13.0 Å². The maximum Gasteiger partial charge on any atom is 0.263 e. The Morgan fingerprint density at radius 1 is 1.17 bits per heavy atom. The molecule has 0 N–H and O–H groups in total. The van der Waals surface area contributed by atoms with Crippen molar-refractivity contribution in [3.63, 3.8) is 0 Å². The van der Waals surface area contributed by atoms with Gasteiger partial charge in [0.25, 0.3) is 11.5 Å². The number of piperidine rings is 1. The number of benzene rings is 1. The molecule has 1 aliphatic rings. The number of pyridine rings is 1. The van der Waals surface area contributed by atoms with E-state index < -0.39 is 0 Å². The van der Waals surface area contributed by atoms with E-state index in [4.69, 9.17) is 0 Å². The standard InChI is InChI=1S/C24H33N3O2/c1-18-15-19(2)26(4)23(28)22(18)24(29)27(14-12-20-9-6-5-7-10-20)17-21-11-8-13-25(3)16-21/h5-7,9-10,15,21H,8,11-14,16-17H2,1-4H3/t21-/m0/s1. The number of likely N-dealkylation sites (tertiary alicyclic amines) is 1. The zero-order valence-electron chi connectivity index (χ0n) is 18.1. The minimum atomic E-state index is -0.196. The van der Waals surface area contributed by atoms with Gasteiger partial charge in [-0.2, -0.15) is 0 Å². The lowest BCUT2D eigenvalue weighted by Gasteiger charge is -2.34. The fourth-order valence-corrected chi connectivity index (χ4v) is 4.32. The third kappa shape index (κ3) is 5.15. The summed E-state index contributed by atoms with van der Waals surface area (Å²) < 4.78 is 1.57. The molecule has 1 aromatic carbocycles. The summed E-state index contributed by atoms with van der Waals surface area (Å²) in [5.74, 6) is 0.315. The van der Waals surface area contributed by atoms with Crippen molar-refractivity contribution >= 4 is 5.91 Å². The molecule has 0 radical (unpaired) electrons. The SMILES string of the molecule is Cc1cc(C)n(C)c(=O)c1C(=O)N(CCc1ccccc1)C[C@H]1CCCN(C)C1. The number of aromatic nitrogens is 1. The summed E-state index contributed by atoms with van der Waals surface area (Å²) in [7, 11) is 3.88. The molecule has 0 aliphatic carbocycles. The molecule has 2 aromatic rings. The number of rotatable bonds is 6. The van der Waals surface area contributed by atoms with E-state index in [0.717, 1.165) is 43.6 Å². The average Bonchev–Trinajstić information content (AvgIpc) is 2.70. The van der Waals surface area contributed by atoms with E-state index >= 15 is 0 Å². The molecular formula is C24H33N3O2. The fraction of sp³-hybridized carbons (Fsp3) is 0.500. The molecule has 5 nitrogen and oxygen atoms in total. The molecule has 1 aliphatic heterocycles. The van der Waals surface area contributed by atoms with Crippen LogP contribution in [0.1, 0.15) is 40.0 Å². The van der Waals surface area contributed by atoms with E-state index in [1.54, 1.807) is 11.6 Å². The zero-order chi connectivity index (χ0) is 21.0. The third-order valence-electron chi connectivity index (χ3n) is 6.08. The van der Waals surface area contributed by atoms with Gasteiger partial charge in [0.05, 0.1) is 0 Å². The summed E-state index contributed by atoms with van der Waals surface area (Å²) in [6.45, 7) is 7.21. The Balaban J connectivity index is 1.86. The van der Waals surface area contributed by atoms with Crippen LogP contribution in [0.15, 0.2) is 41.2 Å². The number of amides is 1. The van der Waals surface area contributed by atoms with Crippen LogP contribution in [0.2, 0.25) is 0 Å². The molecule has 0 unspecified atom stereocenters. The first-order chi connectivity index (χ1) is 13.9. The summed E-state index contributed by atoms with van der Waals surface area (Å²) in [5, 5.41) is 0. The summed E-state index contributed by atoms with van der Waals surface area (Å²) in [6.07, 6.45) is 3.08. The molecule has 1 fully saturated rings. The predicted octanol–water partition coefficient (Wildman–Crippen LogP) is 3.03. The van der Waals surface area contributed by atoms with Gasteiger partial charge in [-0.15, -0.1) is 0 Å². The molecule has 3 rings (SSSR count). The van der Waals surface area contributed by atoms with E-state index in [2.05, 4.69) is 24.1 Å². The highest BCUT2D eigenvalue weighted by Gasteiger charge is 2.26. The van der Waals surface area contributed by atoms with Crippen LogP contribution in [0.25, 0.3) is 0 Å². The van der Waals surface area contributed by atoms with Gasteiger partial charge in [0, 0.05) is 32.4 Å². The Morgan fingerprint density at radius 3 is 2.59 bits per heavy atom. The highest BCUT2D eigenvalue weighted by atomic mass is 16.2. The molecule has 1 amide bonds. The van der Waals surface area contributed by atoms with E-state index in [9.17, 15) is 9.59 Å². The number of aryl methyl sites for hydroxylation is 2. The molecule has 5 heteroatoms. The van der Waals surface area contributed by atoms with Crippen LogP contribution in [0.5, 0.6) is 0 Å². The van der Waals surface area contributed by atoms with Gasteiger partial charge in [0.15, 0.2) is 0 Å². The maximum atomic E-state index is 13.5. The zero-order valence-corrected chi connectivity index (χ0v) is 18.1. The predicted molar refractivity (Wildman–Crippen MR) is 117 cm³/mol. The van der Waals surface area contributed by atoms with E-state index in [1.165, 1.54) is 5.56 Å². The largest absolute Gasteiger partial charge is 0.338 e. The van der Waals surface area contributed by atoms with Crippen LogP contribution in [0.3, 0.4) is 0 Å². The molecule has 1 saturated heterocycles. The Kier molecular flexibility index (Phi) is 6.91. The first kappa shape index (κ1) is 21.3. The number of carbonyl (C=O) groups excluding carboxylic acids is 1. The van der Waals surface area contributed by atoms with Crippen molar-refractivity contribution in [2.45, 2.75) is 33.1 Å². The van der Waals surface area contributed by atoms with E-state index in [0.29, 0.717) is 24.6 Å². The summed E-state index contributed by atoms with van der Waals surface area (Å²) in [4.78, 5) is 30.7. The molecule has 0 saturated carbocycles. The molecule has 0 bridgehead atoms. The van der Waals surface area contributed by atoms with Crippen LogP contribution in [0.4, 0.5) is 0 Å². The van der Waals surface area contributed by atoms with Gasteiger partial charge in [-0.3, -0.25) is 9.59 Å². The second-order valence-corrected chi connectivity index (χ2v) is 8.47. The smallest absolute Gasteiger partial charge is 0.263 e. The third-order valence-corrected chi connectivity index (χ3v) is 6.08. The topological polar surface area (TPSA) is 45.6 Å². The quantitative estimate of drug-likeness (QED) is 0.755. The Morgan fingerprint density at radius 2 is 1.90 bits per heavy atom. The van der Waals surface area contributed by atoms with Crippen molar-refractivity contribution in [2.75, 3.05) is 33.2 Å². The van der Waals surface area contributed by atoms with Crippen molar-refractivity contribution in [3.8, 4) is 0 Å². The van der Waals surface area contributed by atoms with Gasteiger partial charge >= 0.3 is 0 Å². The monoisotopic (exact) mass is 395 g/mol. The van der Waals surface area contributed by atoms with Gasteiger partial charge < -0.3 is 14.4 Å².